The van der Waals surface area contributed by atoms with Crippen LogP contribution in [-0.2, 0) is 9.59 Å². The fourth-order valence-electron chi connectivity index (χ4n) is 4.75. The maximum atomic E-state index is 13.3. The molecule has 2 aromatic heterocycles. The van der Waals surface area contributed by atoms with Gasteiger partial charge in [-0.2, -0.15) is 5.26 Å². The van der Waals surface area contributed by atoms with Crippen molar-refractivity contribution in [2.24, 2.45) is 23.1 Å². The number of fused-ring (bicyclic) bond motifs is 1. The van der Waals surface area contributed by atoms with Crippen molar-refractivity contribution in [2.45, 2.75) is 72.3 Å². The van der Waals surface area contributed by atoms with Crippen LogP contribution in [0.2, 0.25) is 0 Å². The maximum absolute atomic E-state index is 13.3. The summed E-state index contributed by atoms with van der Waals surface area (Å²) in [5.74, 6) is -1.95. The molecule has 35 heavy (non-hydrogen) atoms. The van der Waals surface area contributed by atoms with Gasteiger partial charge in [0.25, 0.3) is 0 Å². The van der Waals surface area contributed by atoms with Crippen molar-refractivity contribution in [3.05, 3.63) is 24.0 Å². The Morgan fingerprint density at radius 1 is 1.40 bits per heavy atom. The van der Waals surface area contributed by atoms with Crippen molar-refractivity contribution >= 4 is 28.4 Å². The fraction of sp³-hybridized carbons (Fsp3) is 0.593. The Hall–Kier alpha value is -3.21. The maximum Gasteiger partial charge on any atom is 0.224 e. The van der Waals surface area contributed by atoms with E-state index in [4.69, 9.17) is 6.11 Å². The number of nitrogens with zero attached hydrogens (tertiary/aromatic N) is 2. The van der Waals surface area contributed by atoms with Crippen LogP contribution in [0.25, 0.3) is 10.9 Å². The highest BCUT2D eigenvalue weighted by atomic mass is 16.5. The number of hydrogen-bond donors (Lipinski definition) is 2. The number of Topliss-reactive ketones (excluding diaryl/α,β-unsaturated/α-hetero) is 2. The van der Waals surface area contributed by atoms with E-state index < -0.39 is 17.9 Å². The molecular formula is C27H36N4O4. The molecule has 188 valence electrons. The number of carbonyl (C=O) groups excluding carboxylic acids is 3. The molecule has 1 fully saturated rings. The summed E-state index contributed by atoms with van der Waals surface area (Å²) in [4.78, 5) is 46.2. The highest BCUT2D eigenvalue weighted by molar-refractivity contribution is 6.02. The number of H-pyrrole nitrogens is 1. The smallest absolute Gasteiger partial charge is 0.224 e. The lowest BCUT2D eigenvalue weighted by Crippen LogP contribution is -2.42. The van der Waals surface area contributed by atoms with E-state index in [1.54, 1.807) is 25.3 Å². The van der Waals surface area contributed by atoms with Gasteiger partial charge in [0.2, 0.25) is 11.8 Å². The molecule has 8 heteroatoms. The van der Waals surface area contributed by atoms with Gasteiger partial charge in [-0.05, 0) is 49.1 Å². The Balaban J connectivity index is 1.72. The number of ether oxygens (including phenoxy) is 1. The fourth-order valence-corrected chi connectivity index (χ4v) is 4.75. The average molecular weight is 482 g/mol. The highest BCUT2D eigenvalue weighted by Gasteiger charge is 2.32. The van der Waals surface area contributed by atoms with Crippen LogP contribution in [0.15, 0.2) is 18.3 Å². The van der Waals surface area contributed by atoms with Gasteiger partial charge in [0.15, 0.2) is 5.78 Å². The second kappa shape index (κ2) is 11.0. The van der Waals surface area contributed by atoms with Crippen LogP contribution in [0.5, 0.6) is 5.88 Å². The first-order chi connectivity index (χ1) is 16.8. The predicted molar refractivity (Wildman–Crippen MR) is 133 cm³/mol. The minimum atomic E-state index is -0.831. The van der Waals surface area contributed by atoms with Gasteiger partial charge < -0.3 is 15.0 Å². The zero-order valence-corrected chi connectivity index (χ0v) is 21.2. The van der Waals surface area contributed by atoms with E-state index in [0.717, 1.165) is 0 Å². The summed E-state index contributed by atoms with van der Waals surface area (Å²) in [6.45, 7) is 7.74. The monoisotopic (exact) mass is 481 g/mol. The van der Waals surface area contributed by atoms with Crippen molar-refractivity contribution < 1.29 is 20.5 Å². The first-order valence-corrected chi connectivity index (χ1v) is 12.1. The Labute approximate surface area is 208 Å². The number of amides is 1. The topological polar surface area (TPSA) is 125 Å². The number of carbonyl (C=O) groups is 3. The van der Waals surface area contributed by atoms with Crippen molar-refractivity contribution in [1.82, 2.24) is 15.3 Å². The first-order valence-electron chi connectivity index (χ1n) is 12.6. The lowest BCUT2D eigenvalue weighted by molar-refractivity contribution is -0.128. The molecule has 1 amide bonds. The Bertz CT molecular complexity index is 1170. The summed E-state index contributed by atoms with van der Waals surface area (Å²) in [5, 5.41) is 13.2. The molecule has 0 radical (unpaired) electrons. The van der Waals surface area contributed by atoms with Crippen LogP contribution in [0, 0.1) is 34.5 Å². The molecule has 0 spiro atoms. The number of nitrogens with one attached hydrogen (secondary N) is 2. The largest absolute Gasteiger partial charge is 0.481 e. The lowest BCUT2D eigenvalue weighted by atomic mass is 9.79. The number of aromatic amines is 1. The highest BCUT2D eigenvalue weighted by Crippen LogP contribution is 2.31. The number of nitriles is 1. The molecule has 0 aliphatic heterocycles. The minimum absolute atomic E-state index is 0.0244. The SMILES string of the molecule is [2H]C1(C)CC[C@@H](C[C@@H](C#N)NC(=O)[C@@H](CC(=O)c2cc3c(OC)nccc3[nH]2)CC(C)(C)C)C(=O)C1. The molecule has 1 aliphatic carbocycles. The summed E-state index contributed by atoms with van der Waals surface area (Å²) in [6.07, 6.45) is 3.52. The molecule has 0 bridgehead atoms. The van der Waals surface area contributed by atoms with Gasteiger partial charge in [0, 0.05) is 32.2 Å². The van der Waals surface area contributed by atoms with E-state index >= 15 is 0 Å². The van der Waals surface area contributed by atoms with Crippen molar-refractivity contribution in [3.63, 3.8) is 0 Å². The zero-order chi connectivity index (χ0) is 26.7. The summed E-state index contributed by atoms with van der Waals surface area (Å²) >= 11 is 0. The molecule has 2 aromatic rings. The van der Waals surface area contributed by atoms with Gasteiger partial charge >= 0.3 is 0 Å². The molecule has 0 saturated heterocycles. The number of rotatable bonds is 9. The standard InChI is InChI=1S/C27H36N4O4/c1-16-6-7-17(23(32)10-16)11-19(15-28)30-25(34)18(14-27(2,3)4)12-24(33)22-13-20-21(31-22)8-9-29-26(20)35-5/h8-9,13,16-19,31H,6-7,10-12,14H2,1-5H3,(H,30,34)/t16?,17-,18-,19-/m0/s1/i16D. The van der Waals surface area contributed by atoms with Gasteiger partial charge in [-0.25, -0.2) is 4.98 Å². The van der Waals surface area contributed by atoms with Crippen LogP contribution in [-0.4, -0.2) is 40.6 Å². The van der Waals surface area contributed by atoms with Crippen molar-refractivity contribution in [1.29, 1.82) is 5.26 Å². The molecule has 4 atom stereocenters. The summed E-state index contributed by atoms with van der Waals surface area (Å²) in [6, 6.07) is 4.71. The van der Waals surface area contributed by atoms with Crippen LogP contribution in [0.3, 0.4) is 0 Å². The minimum Gasteiger partial charge on any atom is -0.481 e. The molecule has 0 aromatic carbocycles. The van der Waals surface area contributed by atoms with Crippen molar-refractivity contribution in [2.75, 3.05) is 7.11 Å². The number of ketones is 2. The normalized spacial score (nSPS) is 22.7. The second-order valence-corrected chi connectivity index (χ2v) is 10.8. The third kappa shape index (κ3) is 6.91. The van der Waals surface area contributed by atoms with Crippen molar-refractivity contribution in [3.8, 4) is 11.9 Å². The van der Waals surface area contributed by atoms with Gasteiger partial charge in [-0.1, -0.05) is 27.7 Å². The first kappa shape index (κ1) is 24.9. The molecule has 2 heterocycles. The molecular weight excluding hydrogens is 444 g/mol. The molecule has 1 aliphatic rings. The molecule has 8 nitrogen and oxygen atoms in total. The molecule has 1 unspecified atom stereocenters. The van der Waals surface area contributed by atoms with E-state index in [9.17, 15) is 19.6 Å². The van der Waals surface area contributed by atoms with Gasteiger partial charge in [0.05, 0.1) is 29.8 Å². The summed E-state index contributed by atoms with van der Waals surface area (Å²) < 4.78 is 13.4. The molecule has 1 saturated carbocycles. The molecule has 3 rings (SSSR count). The van der Waals surface area contributed by atoms with E-state index in [0.29, 0.717) is 41.7 Å². The lowest BCUT2D eigenvalue weighted by Gasteiger charge is -2.28. The third-order valence-corrected chi connectivity index (χ3v) is 6.51. The van der Waals surface area contributed by atoms with Crippen LogP contribution < -0.4 is 10.1 Å². The number of aromatic nitrogens is 2. The second-order valence-electron chi connectivity index (χ2n) is 10.8. The quantitative estimate of drug-likeness (QED) is 0.504. The zero-order valence-electron chi connectivity index (χ0n) is 22.2. The van der Waals surface area contributed by atoms with E-state index in [2.05, 4.69) is 21.4 Å². The van der Waals surface area contributed by atoms with E-state index in [1.165, 1.54) is 7.11 Å². The third-order valence-electron chi connectivity index (χ3n) is 6.51. The Kier molecular flexibility index (Phi) is 7.84. The number of pyridine rings is 1. The average Bonchev–Trinajstić information content (AvgIpc) is 3.23. The van der Waals surface area contributed by atoms with Gasteiger partial charge in [-0.3, -0.25) is 14.4 Å². The molecule has 2 N–H and O–H groups in total. The summed E-state index contributed by atoms with van der Waals surface area (Å²) in [7, 11) is 1.51. The summed E-state index contributed by atoms with van der Waals surface area (Å²) in [5.41, 5.74) is 0.856. The van der Waals surface area contributed by atoms with Crippen LogP contribution in [0.1, 0.15) is 78.1 Å². The van der Waals surface area contributed by atoms with E-state index in [1.807, 2.05) is 20.8 Å². The van der Waals surface area contributed by atoms with Crippen LogP contribution in [0.4, 0.5) is 0 Å². The number of hydrogen-bond acceptors (Lipinski definition) is 6. The van der Waals surface area contributed by atoms with E-state index in [-0.39, 0.29) is 48.1 Å². The van der Waals surface area contributed by atoms with Crippen LogP contribution >= 0.6 is 0 Å². The van der Waals surface area contributed by atoms with Gasteiger partial charge in [-0.15, -0.1) is 0 Å². The number of methoxy groups -OCH3 is 1. The Morgan fingerprint density at radius 2 is 2.14 bits per heavy atom. The van der Waals surface area contributed by atoms with Gasteiger partial charge in [0.1, 0.15) is 11.8 Å². The predicted octanol–water partition coefficient (Wildman–Crippen LogP) is 4.60. The Morgan fingerprint density at radius 3 is 2.77 bits per heavy atom.